The fraction of sp³-hybridized carbons (Fsp3) is 0.273. The Bertz CT molecular complexity index is 498. The molecule has 1 N–H and O–H groups in total. The van der Waals surface area contributed by atoms with Crippen LogP contribution in [0.1, 0.15) is 5.56 Å². The zero-order valence-electron chi connectivity index (χ0n) is 8.76. The third-order valence-corrected chi connectivity index (χ3v) is 2.46. The number of rotatable bonds is 2. The molecule has 0 saturated carbocycles. The fourth-order valence-electron chi connectivity index (χ4n) is 1.59. The molecular weight excluding hydrogens is 227 g/mol. The second kappa shape index (κ2) is 4.39. The van der Waals surface area contributed by atoms with Gasteiger partial charge in [0.2, 0.25) is 0 Å². The molecule has 17 heavy (non-hydrogen) atoms. The van der Waals surface area contributed by atoms with Gasteiger partial charge in [-0.2, -0.15) is 5.26 Å². The number of carbonyl (C=O) groups is 1. The number of hydrogen-bond donors (Lipinski definition) is 1. The summed E-state index contributed by atoms with van der Waals surface area (Å²) in [6, 6.07) is 5.55. The van der Waals surface area contributed by atoms with Crippen LogP contribution in [0.15, 0.2) is 18.2 Å². The lowest BCUT2D eigenvalue weighted by atomic mass is 10.2. The first-order chi connectivity index (χ1) is 8.15. The third-order valence-electron chi connectivity index (χ3n) is 2.46. The van der Waals surface area contributed by atoms with Crippen LogP contribution in [0.2, 0.25) is 0 Å². The number of nitrogens with zero attached hydrogens (tertiary/aromatic N) is 2. The molecule has 0 spiro atoms. The third kappa shape index (κ3) is 2.05. The highest BCUT2D eigenvalue weighted by Crippen LogP contribution is 2.23. The summed E-state index contributed by atoms with van der Waals surface area (Å²) >= 11 is 0. The maximum absolute atomic E-state index is 13.4. The molecule has 1 atom stereocenters. The van der Waals surface area contributed by atoms with Crippen molar-refractivity contribution in [1.29, 1.82) is 5.26 Å². The number of benzene rings is 1. The minimum absolute atomic E-state index is 0.0833. The Labute approximate surface area is 96.6 Å². The van der Waals surface area contributed by atoms with E-state index in [1.54, 1.807) is 6.07 Å². The number of aliphatic hydroxyl groups is 1. The van der Waals surface area contributed by atoms with Gasteiger partial charge in [0.25, 0.3) is 0 Å². The van der Waals surface area contributed by atoms with E-state index in [0.717, 1.165) is 6.07 Å². The zero-order chi connectivity index (χ0) is 12.4. The predicted molar refractivity (Wildman–Crippen MR) is 55.8 cm³/mol. The van der Waals surface area contributed by atoms with E-state index in [-0.39, 0.29) is 18.7 Å². The van der Waals surface area contributed by atoms with Gasteiger partial charge in [-0.25, -0.2) is 9.18 Å². The van der Waals surface area contributed by atoms with Crippen molar-refractivity contribution in [2.45, 2.75) is 6.10 Å². The minimum atomic E-state index is -0.690. The Morgan fingerprint density at radius 3 is 2.94 bits per heavy atom. The number of cyclic esters (lactones) is 1. The van der Waals surface area contributed by atoms with E-state index in [4.69, 9.17) is 15.1 Å². The quantitative estimate of drug-likeness (QED) is 0.831. The average molecular weight is 236 g/mol. The van der Waals surface area contributed by atoms with E-state index < -0.39 is 18.0 Å². The summed E-state index contributed by atoms with van der Waals surface area (Å²) in [7, 11) is 0. The molecule has 5 nitrogen and oxygen atoms in total. The maximum atomic E-state index is 13.4. The number of nitriles is 1. The molecule has 0 aliphatic carbocycles. The van der Waals surface area contributed by atoms with E-state index in [1.165, 1.54) is 17.0 Å². The number of amides is 1. The van der Waals surface area contributed by atoms with Gasteiger partial charge in [-0.05, 0) is 18.2 Å². The molecule has 0 radical (unpaired) electrons. The van der Waals surface area contributed by atoms with Crippen molar-refractivity contribution in [1.82, 2.24) is 0 Å². The van der Waals surface area contributed by atoms with Gasteiger partial charge in [0.15, 0.2) is 0 Å². The van der Waals surface area contributed by atoms with Crippen LogP contribution >= 0.6 is 0 Å². The van der Waals surface area contributed by atoms with Crippen LogP contribution in [0, 0.1) is 17.1 Å². The summed E-state index contributed by atoms with van der Waals surface area (Å²) in [5.74, 6) is -0.690. The molecule has 1 fully saturated rings. The Hall–Kier alpha value is -2.13. The minimum Gasteiger partial charge on any atom is -0.441 e. The topological polar surface area (TPSA) is 73.6 Å². The van der Waals surface area contributed by atoms with Crippen LogP contribution in [-0.4, -0.2) is 30.5 Å². The second-order valence-corrected chi connectivity index (χ2v) is 3.57. The van der Waals surface area contributed by atoms with Gasteiger partial charge in [0.1, 0.15) is 18.0 Å². The average Bonchev–Trinajstić information content (AvgIpc) is 2.70. The van der Waals surface area contributed by atoms with Crippen molar-refractivity contribution >= 4 is 11.8 Å². The lowest BCUT2D eigenvalue weighted by Gasteiger charge is -2.12. The van der Waals surface area contributed by atoms with Crippen LogP contribution in [0.3, 0.4) is 0 Å². The molecule has 1 unspecified atom stereocenters. The van der Waals surface area contributed by atoms with Crippen molar-refractivity contribution in [3.8, 4) is 6.07 Å². The number of anilines is 1. The largest absolute Gasteiger partial charge is 0.441 e. The van der Waals surface area contributed by atoms with Gasteiger partial charge in [0, 0.05) is 0 Å². The van der Waals surface area contributed by atoms with Crippen molar-refractivity contribution in [2.24, 2.45) is 0 Å². The second-order valence-electron chi connectivity index (χ2n) is 3.57. The van der Waals surface area contributed by atoms with Gasteiger partial charge in [0.05, 0.1) is 24.4 Å². The van der Waals surface area contributed by atoms with Crippen LogP contribution in [0.5, 0.6) is 0 Å². The van der Waals surface area contributed by atoms with Gasteiger partial charge < -0.3 is 9.84 Å². The smallest absolute Gasteiger partial charge is 0.414 e. The van der Waals surface area contributed by atoms with E-state index in [2.05, 4.69) is 0 Å². The van der Waals surface area contributed by atoms with Crippen LogP contribution in [0.25, 0.3) is 0 Å². The lowest BCUT2D eigenvalue weighted by Crippen LogP contribution is -2.25. The molecular formula is C11H9FN2O3. The zero-order valence-corrected chi connectivity index (χ0v) is 8.76. The molecule has 1 aromatic rings. The van der Waals surface area contributed by atoms with E-state index in [0.29, 0.717) is 5.69 Å². The van der Waals surface area contributed by atoms with Gasteiger partial charge in [-0.15, -0.1) is 0 Å². The Morgan fingerprint density at radius 2 is 2.41 bits per heavy atom. The molecule has 6 heteroatoms. The van der Waals surface area contributed by atoms with Crippen LogP contribution < -0.4 is 4.90 Å². The Kier molecular flexibility index (Phi) is 2.93. The molecule has 1 aromatic carbocycles. The first-order valence-electron chi connectivity index (χ1n) is 4.94. The number of carbonyl (C=O) groups excluding carboxylic acids is 1. The SMILES string of the molecule is N#Cc1ccc(N2CC(CO)OC2=O)cc1F. The normalized spacial score (nSPS) is 19.0. The highest BCUT2D eigenvalue weighted by Gasteiger charge is 2.32. The Balaban J connectivity index is 2.27. The summed E-state index contributed by atoms with van der Waals surface area (Å²) < 4.78 is 18.2. The highest BCUT2D eigenvalue weighted by molar-refractivity contribution is 5.89. The monoisotopic (exact) mass is 236 g/mol. The van der Waals surface area contributed by atoms with E-state index in [1.807, 2.05) is 0 Å². The van der Waals surface area contributed by atoms with Crippen molar-refractivity contribution in [3.63, 3.8) is 0 Å². The Morgan fingerprint density at radius 1 is 1.65 bits per heavy atom. The van der Waals surface area contributed by atoms with E-state index >= 15 is 0 Å². The first kappa shape index (κ1) is 11.4. The number of halogens is 1. The van der Waals surface area contributed by atoms with E-state index in [9.17, 15) is 9.18 Å². The van der Waals surface area contributed by atoms with Gasteiger partial charge in [-0.1, -0.05) is 0 Å². The van der Waals surface area contributed by atoms with Crippen LogP contribution in [-0.2, 0) is 4.74 Å². The summed E-state index contributed by atoms with van der Waals surface area (Å²) in [5, 5.41) is 17.4. The van der Waals surface area contributed by atoms with Crippen LogP contribution in [0.4, 0.5) is 14.9 Å². The molecule has 0 aromatic heterocycles. The first-order valence-corrected chi connectivity index (χ1v) is 4.94. The van der Waals surface area contributed by atoms with Crippen molar-refractivity contribution in [3.05, 3.63) is 29.6 Å². The summed E-state index contributed by atoms with van der Waals surface area (Å²) in [4.78, 5) is 12.6. The number of aliphatic hydroxyl groups excluding tert-OH is 1. The summed E-state index contributed by atoms with van der Waals surface area (Å²) in [6.45, 7) is -0.109. The molecule has 2 rings (SSSR count). The molecule has 0 bridgehead atoms. The highest BCUT2D eigenvalue weighted by atomic mass is 19.1. The van der Waals surface area contributed by atoms with Crippen molar-refractivity contribution in [2.75, 3.05) is 18.1 Å². The predicted octanol–water partition coefficient (Wildman–Crippen LogP) is 1.01. The van der Waals surface area contributed by atoms with Gasteiger partial charge in [-0.3, -0.25) is 4.90 Å². The molecule has 88 valence electrons. The summed E-state index contributed by atoms with van der Waals surface area (Å²) in [5.41, 5.74) is 0.225. The number of hydrogen-bond acceptors (Lipinski definition) is 4. The maximum Gasteiger partial charge on any atom is 0.414 e. The summed E-state index contributed by atoms with van der Waals surface area (Å²) in [6.07, 6.45) is -1.23. The fourth-order valence-corrected chi connectivity index (χ4v) is 1.59. The standard InChI is InChI=1S/C11H9FN2O3/c12-10-3-8(2-1-7(10)4-13)14-5-9(6-15)17-11(14)16/h1-3,9,15H,5-6H2. The lowest BCUT2D eigenvalue weighted by molar-refractivity contribution is 0.0963. The van der Waals surface area contributed by atoms with Gasteiger partial charge >= 0.3 is 6.09 Å². The number of ether oxygens (including phenoxy) is 1. The van der Waals surface area contributed by atoms with Crippen molar-refractivity contribution < 1.29 is 19.0 Å². The molecule has 1 aliphatic rings. The molecule has 1 aliphatic heterocycles. The molecule has 1 amide bonds. The molecule has 1 heterocycles. The molecule has 1 saturated heterocycles.